The van der Waals surface area contributed by atoms with E-state index in [1.807, 2.05) is 24.3 Å². The maximum absolute atomic E-state index is 12.2. The molecule has 0 aromatic carbocycles. The van der Waals surface area contributed by atoms with Gasteiger partial charge in [0, 0.05) is 18.8 Å². The van der Waals surface area contributed by atoms with Crippen molar-refractivity contribution in [2.24, 2.45) is 17.8 Å². The third-order valence-corrected chi connectivity index (χ3v) is 7.55. The zero-order valence-electron chi connectivity index (χ0n) is 26.5. The molecule has 42 heavy (non-hydrogen) atoms. The van der Waals surface area contributed by atoms with Crippen LogP contribution in [-0.2, 0) is 23.9 Å². The van der Waals surface area contributed by atoms with Gasteiger partial charge >= 0.3 is 11.9 Å². The molecule has 1 aliphatic rings. The molecule has 0 unspecified atom stereocenters. The number of carbonyl (C=O) groups excluding carboxylic acids is 3. The molecule has 0 bridgehead atoms. The molecule has 0 radical (unpaired) electrons. The van der Waals surface area contributed by atoms with Gasteiger partial charge < -0.3 is 19.7 Å². The first kappa shape index (κ1) is 37.8. The number of ketones is 1. The molecule has 2 N–H and O–H groups in total. The highest BCUT2D eigenvalue weighted by Gasteiger charge is 2.26. The number of hydrogen-bond acceptors (Lipinski definition) is 7. The van der Waals surface area contributed by atoms with Crippen molar-refractivity contribution < 1.29 is 34.1 Å². The summed E-state index contributed by atoms with van der Waals surface area (Å²) in [7, 11) is 0. The fourth-order valence-electron chi connectivity index (χ4n) is 4.91. The van der Waals surface area contributed by atoms with Gasteiger partial charge in [0.25, 0.3) is 0 Å². The zero-order valence-corrected chi connectivity index (χ0v) is 26.5. The van der Waals surface area contributed by atoms with Crippen LogP contribution in [0, 0.1) is 17.8 Å². The van der Waals surface area contributed by atoms with Crippen molar-refractivity contribution in [2.75, 3.05) is 13.2 Å². The van der Waals surface area contributed by atoms with Crippen LogP contribution in [0.4, 0.5) is 0 Å². The molecule has 0 saturated carbocycles. The summed E-state index contributed by atoms with van der Waals surface area (Å²) in [5, 5.41) is 20.1. The Balaban J connectivity index is 2.10. The molecule has 1 rings (SSSR count). The third kappa shape index (κ3) is 19.8. The maximum atomic E-state index is 12.2. The molecule has 4 atom stereocenters. The van der Waals surface area contributed by atoms with E-state index in [0.717, 1.165) is 57.3 Å². The van der Waals surface area contributed by atoms with Gasteiger partial charge in [0.1, 0.15) is 19.3 Å². The second-order valence-electron chi connectivity index (χ2n) is 12.1. The summed E-state index contributed by atoms with van der Waals surface area (Å²) in [6.07, 6.45) is 24.1. The minimum atomic E-state index is -1.03. The van der Waals surface area contributed by atoms with Crippen LogP contribution in [0.25, 0.3) is 0 Å². The Labute approximate surface area is 254 Å². The highest BCUT2D eigenvalue weighted by atomic mass is 16.6. The Kier molecular flexibility index (Phi) is 21.8. The predicted molar refractivity (Wildman–Crippen MR) is 168 cm³/mol. The lowest BCUT2D eigenvalue weighted by molar-refractivity contribution is -0.152. The highest BCUT2D eigenvalue weighted by Crippen LogP contribution is 2.27. The topological polar surface area (TPSA) is 110 Å². The third-order valence-electron chi connectivity index (χ3n) is 7.55. The van der Waals surface area contributed by atoms with Gasteiger partial charge in [-0.3, -0.25) is 14.4 Å². The molecular formula is C35H58O7. The van der Waals surface area contributed by atoms with Gasteiger partial charge in [-0.25, -0.2) is 0 Å². The standard InChI is InChI=1S/C35H58O7/c1-4-5-12-19-30(36)23-24-32-29(22-25-33(32)38)18-14-10-11-16-21-35(40)42-27-31(37)26-41-34(39)20-15-9-7-6-8-13-17-28(2)3/h10,14,22-25,28-32,36-37H,4-9,11-13,15-21,26-27H2,1-3H3/b14-10-,24-23+/t29-,30-,31+,32+/m0/s1. The fraction of sp³-hybridized carbons (Fsp3) is 0.743. The van der Waals surface area contributed by atoms with Crippen LogP contribution in [0.1, 0.15) is 124 Å². The van der Waals surface area contributed by atoms with Crippen LogP contribution < -0.4 is 0 Å². The molecule has 0 fully saturated rings. The number of aliphatic hydroxyl groups excluding tert-OH is 2. The van der Waals surface area contributed by atoms with E-state index >= 15 is 0 Å². The Hall–Kier alpha value is -2.25. The predicted octanol–water partition coefficient (Wildman–Crippen LogP) is 7.20. The van der Waals surface area contributed by atoms with Crippen LogP contribution in [0.15, 0.2) is 36.5 Å². The fourth-order valence-corrected chi connectivity index (χ4v) is 4.91. The summed E-state index contributed by atoms with van der Waals surface area (Å²) >= 11 is 0. The largest absolute Gasteiger partial charge is 0.463 e. The molecule has 0 saturated heterocycles. The number of allylic oxidation sites excluding steroid dienone is 5. The van der Waals surface area contributed by atoms with Crippen molar-refractivity contribution in [1.29, 1.82) is 0 Å². The molecule has 0 aromatic rings. The van der Waals surface area contributed by atoms with E-state index in [1.165, 1.54) is 25.7 Å². The van der Waals surface area contributed by atoms with Gasteiger partial charge in [0.2, 0.25) is 0 Å². The molecule has 7 heteroatoms. The smallest absolute Gasteiger partial charge is 0.305 e. The number of hydrogen-bond donors (Lipinski definition) is 2. The zero-order chi connectivity index (χ0) is 31.0. The van der Waals surface area contributed by atoms with Crippen LogP contribution in [-0.4, -0.2) is 53.4 Å². The average Bonchev–Trinajstić information content (AvgIpc) is 3.31. The lowest BCUT2D eigenvalue weighted by atomic mass is 9.90. The van der Waals surface area contributed by atoms with Crippen molar-refractivity contribution in [3.63, 3.8) is 0 Å². The number of rotatable bonds is 25. The summed E-state index contributed by atoms with van der Waals surface area (Å²) < 4.78 is 10.2. The van der Waals surface area contributed by atoms with Gasteiger partial charge in [-0.05, 0) is 50.0 Å². The van der Waals surface area contributed by atoms with E-state index in [2.05, 4.69) is 20.8 Å². The molecular weight excluding hydrogens is 532 g/mol. The van der Waals surface area contributed by atoms with Gasteiger partial charge in [-0.2, -0.15) is 0 Å². The summed E-state index contributed by atoms with van der Waals surface area (Å²) in [5.41, 5.74) is 0. The molecule has 0 spiro atoms. The SMILES string of the molecule is CCCCC[C@H](O)/C=C/[C@H]1C(=O)C=C[C@@H]1C/C=C\CCCC(=O)OC[C@H](O)COC(=O)CCCCCCCCC(C)C. The van der Waals surface area contributed by atoms with E-state index < -0.39 is 18.2 Å². The summed E-state index contributed by atoms with van der Waals surface area (Å²) in [4.78, 5) is 36.1. The Morgan fingerprint density at radius 3 is 2.14 bits per heavy atom. The van der Waals surface area contributed by atoms with E-state index in [-0.39, 0.29) is 43.2 Å². The monoisotopic (exact) mass is 590 g/mol. The van der Waals surface area contributed by atoms with Gasteiger partial charge in [-0.15, -0.1) is 0 Å². The first-order chi connectivity index (χ1) is 20.2. The van der Waals surface area contributed by atoms with Crippen molar-refractivity contribution >= 4 is 17.7 Å². The second-order valence-corrected chi connectivity index (χ2v) is 12.1. The van der Waals surface area contributed by atoms with Crippen molar-refractivity contribution in [3.8, 4) is 0 Å². The van der Waals surface area contributed by atoms with E-state index in [9.17, 15) is 24.6 Å². The Morgan fingerprint density at radius 1 is 0.857 bits per heavy atom. The summed E-state index contributed by atoms with van der Waals surface area (Å²) in [6.45, 7) is 6.25. The quantitative estimate of drug-likeness (QED) is 0.0657. The lowest BCUT2D eigenvalue weighted by Crippen LogP contribution is -2.25. The average molecular weight is 591 g/mol. The maximum Gasteiger partial charge on any atom is 0.305 e. The van der Waals surface area contributed by atoms with E-state index in [4.69, 9.17) is 9.47 Å². The highest BCUT2D eigenvalue weighted by molar-refractivity contribution is 5.95. The molecule has 1 aliphatic carbocycles. The van der Waals surface area contributed by atoms with E-state index in [1.54, 1.807) is 12.2 Å². The number of unbranched alkanes of at least 4 members (excludes halogenated alkanes) is 8. The minimum absolute atomic E-state index is 0.0726. The van der Waals surface area contributed by atoms with Crippen LogP contribution in [0.3, 0.4) is 0 Å². The summed E-state index contributed by atoms with van der Waals surface area (Å²) in [6, 6.07) is 0. The first-order valence-corrected chi connectivity index (χ1v) is 16.5. The lowest BCUT2D eigenvalue weighted by Gasteiger charge is -2.13. The molecule has 0 aromatic heterocycles. The first-order valence-electron chi connectivity index (χ1n) is 16.5. The van der Waals surface area contributed by atoms with Gasteiger partial charge in [0.05, 0.1) is 6.10 Å². The molecule has 7 nitrogen and oxygen atoms in total. The number of aliphatic hydroxyl groups is 2. The molecule has 240 valence electrons. The van der Waals surface area contributed by atoms with Crippen LogP contribution >= 0.6 is 0 Å². The van der Waals surface area contributed by atoms with Crippen LogP contribution in [0.5, 0.6) is 0 Å². The van der Waals surface area contributed by atoms with Crippen LogP contribution in [0.2, 0.25) is 0 Å². The molecule has 0 amide bonds. The molecule has 0 heterocycles. The Bertz CT molecular complexity index is 829. The second kappa shape index (κ2) is 24.2. The number of carbonyl (C=O) groups is 3. The minimum Gasteiger partial charge on any atom is -0.463 e. The number of ether oxygens (including phenoxy) is 2. The summed E-state index contributed by atoms with van der Waals surface area (Å²) in [5.74, 6) is -0.0386. The number of esters is 2. The van der Waals surface area contributed by atoms with E-state index in [0.29, 0.717) is 19.3 Å². The Morgan fingerprint density at radius 2 is 1.48 bits per heavy atom. The van der Waals surface area contributed by atoms with Crippen molar-refractivity contribution in [2.45, 2.75) is 136 Å². The van der Waals surface area contributed by atoms with Crippen molar-refractivity contribution in [1.82, 2.24) is 0 Å². The van der Waals surface area contributed by atoms with Crippen molar-refractivity contribution in [3.05, 3.63) is 36.5 Å². The van der Waals surface area contributed by atoms with Gasteiger partial charge in [-0.1, -0.05) is 109 Å². The normalized spacial score (nSPS) is 18.4. The van der Waals surface area contributed by atoms with Gasteiger partial charge in [0.15, 0.2) is 5.78 Å². The molecule has 0 aliphatic heterocycles.